The zero-order valence-electron chi connectivity index (χ0n) is 18.9. The van der Waals surface area contributed by atoms with Crippen LogP contribution in [0.15, 0.2) is 59.6 Å². The number of rotatable bonds is 6. The second-order valence-corrected chi connectivity index (χ2v) is 9.09. The molecule has 1 saturated heterocycles. The van der Waals surface area contributed by atoms with E-state index in [0.717, 1.165) is 44.5 Å². The molecule has 0 spiro atoms. The number of guanidine groups is 1. The van der Waals surface area contributed by atoms with Crippen molar-refractivity contribution in [3.8, 4) is 6.07 Å². The van der Waals surface area contributed by atoms with Gasteiger partial charge >= 0.3 is 0 Å². The van der Waals surface area contributed by atoms with Crippen molar-refractivity contribution >= 4 is 17.6 Å². The molecule has 0 aromatic heterocycles. The zero-order chi connectivity index (χ0) is 23.0. The smallest absolute Gasteiger partial charge is 0.234 e. The number of nitrogens with two attached hydrogens (primary N) is 1. The van der Waals surface area contributed by atoms with Crippen LogP contribution in [0, 0.1) is 17.2 Å². The van der Waals surface area contributed by atoms with Gasteiger partial charge in [0.1, 0.15) is 0 Å². The van der Waals surface area contributed by atoms with Crippen molar-refractivity contribution in [1.29, 1.82) is 5.26 Å². The number of hydrogen-bond donors (Lipinski definition) is 3. The quantitative estimate of drug-likeness (QED) is 0.469. The molecule has 4 rings (SSSR count). The normalized spacial score (nSPS) is 24.0. The van der Waals surface area contributed by atoms with Gasteiger partial charge in [-0.05, 0) is 48.9 Å². The molecule has 0 unspecified atom stereocenters. The number of hydrogen-bond acceptors (Lipinski definition) is 4. The Kier molecular flexibility index (Phi) is 7.59. The average molecular weight is 445 g/mol. The molecule has 4 N–H and O–H groups in total. The summed E-state index contributed by atoms with van der Waals surface area (Å²) in [5.41, 5.74) is 8.82. The van der Waals surface area contributed by atoms with E-state index >= 15 is 0 Å². The molecule has 1 saturated carbocycles. The van der Waals surface area contributed by atoms with Crippen LogP contribution in [0.3, 0.4) is 0 Å². The molecule has 0 radical (unpaired) electrons. The summed E-state index contributed by atoms with van der Waals surface area (Å²) in [7, 11) is 0. The van der Waals surface area contributed by atoms with E-state index in [9.17, 15) is 4.79 Å². The number of anilines is 1. The molecule has 2 fully saturated rings. The van der Waals surface area contributed by atoms with Crippen LogP contribution in [0.4, 0.5) is 5.69 Å². The fourth-order valence-corrected chi connectivity index (χ4v) is 4.98. The number of carbonyl (C=O) groups is 1. The highest BCUT2D eigenvalue weighted by Crippen LogP contribution is 2.28. The SMILES string of the molecule is N#Cc1cccc(NC(N)=N[C@@H]2CCCC[C@H]2CN2CC(=O)N[C@@H](Cc3ccccc3)C2)c1. The van der Waals surface area contributed by atoms with E-state index in [1.807, 2.05) is 30.3 Å². The summed E-state index contributed by atoms with van der Waals surface area (Å²) in [5, 5.41) is 15.4. The standard InChI is InChI=1S/C26H32N6O/c27-15-20-9-6-11-22(14-20)30-26(28)31-24-12-5-4-10-21(24)16-32-17-23(29-25(33)18-32)13-19-7-2-1-3-8-19/h1-3,6-9,11,14,21,23-24H,4-5,10,12-13,16-18H2,(H,29,33)(H3,28,30,31)/t21-,23-,24+/m0/s1. The van der Waals surface area contributed by atoms with Gasteiger partial charge in [0, 0.05) is 24.8 Å². The second kappa shape index (κ2) is 11.0. The monoisotopic (exact) mass is 444 g/mol. The molecule has 2 aliphatic rings. The Balaban J connectivity index is 1.38. The van der Waals surface area contributed by atoms with Crippen LogP contribution in [-0.2, 0) is 11.2 Å². The topological polar surface area (TPSA) is 107 Å². The van der Waals surface area contributed by atoms with Crippen molar-refractivity contribution < 1.29 is 4.79 Å². The maximum absolute atomic E-state index is 12.4. The fraction of sp³-hybridized carbons (Fsp3) is 0.423. The summed E-state index contributed by atoms with van der Waals surface area (Å²) in [5.74, 6) is 0.838. The number of nitrogens with one attached hydrogen (secondary N) is 2. The molecule has 33 heavy (non-hydrogen) atoms. The van der Waals surface area contributed by atoms with Crippen LogP contribution in [0.1, 0.15) is 36.8 Å². The number of nitrogens with zero attached hydrogens (tertiary/aromatic N) is 3. The molecule has 172 valence electrons. The molecule has 2 aromatic rings. The van der Waals surface area contributed by atoms with Crippen molar-refractivity contribution in [3.63, 3.8) is 0 Å². The first-order valence-corrected chi connectivity index (χ1v) is 11.7. The zero-order valence-corrected chi connectivity index (χ0v) is 18.9. The maximum atomic E-state index is 12.4. The molecule has 1 aliphatic heterocycles. The Bertz CT molecular complexity index is 1010. The van der Waals surface area contributed by atoms with Crippen LogP contribution in [0.25, 0.3) is 0 Å². The van der Waals surface area contributed by atoms with Gasteiger partial charge in [0.15, 0.2) is 5.96 Å². The molecular weight excluding hydrogens is 412 g/mol. The molecule has 2 aromatic carbocycles. The van der Waals surface area contributed by atoms with Gasteiger partial charge in [-0.15, -0.1) is 0 Å². The third-order valence-electron chi connectivity index (χ3n) is 6.47. The Labute approximate surface area is 195 Å². The predicted octanol–water partition coefficient (Wildman–Crippen LogP) is 2.89. The highest BCUT2D eigenvalue weighted by molar-refractivity contribution is 5.92. The molecule has 7 heteroatoms. The fourth-order valence-electron chi connectivity index (χ4n) is 4.98. The van der Waals surface area contributed by atoms with Crippen LogP contribution >= 0.6 is 0 Å². The summed E-state index contributed by atoms with van der Waals surface area (Å²) in [6.07, 6.45) is 5.25. The first-order chi connectivity index (χ1) is 16.1. The summed E-state index contributed by atoms with van der Waals surface area (Å²) in [6, 6.07) is 19.9. The van der Waals surface area contributed by atoms with Gasteiger partial charge in [-0.2, -0.15) is 5.26 Å². The Hall–Kier alpha value is -3.37. The van der Waals surface area contributed by atoms with Gasteiger partial charge in [0.25, 0.3) is 0 Å². The van der Waals surface area contributed by atoms with Crippen molar-refractivity contribution in [3.05, 3.63) is 65.7 Å². The first-order valence-electron chi connectivity index (χ1n) is 11.7. The predicted molar refractivity (Wildman–Crippen MR) is 131 cm³/mol. The van der Waals surface area contributed by atoms with E-state index < -0.39 is 0 Å². The number of aliphatic imine (C=N–C) groups is 1. The van der Waals surface area contributed by atoms with Crippen LogP contribution < -0.4 is 16.4 Å². The van der Waals surface area contributed by atoms with Gasteiger partial charge in [-0.25, -0.2) is 4.99 Å². The maximum Gasteiger partial charge on any atom is 0.234 e. The Morgan fingerprint density at radius 1 is 1.18 bits per heavy atom. The number of amides is 1. The minimum Gasteiger partial charge on any atom is -0.370 e. The summed E-state index contributed by atoms with van der Waals surface area (Å²) in [4.78, 5) is 19.5. The lowest BCUT2D eigenvalue weighted by Gasteiger charge is -2.38. The summed E-state index contributed by atoms with van der Waals surface area (Å²) in [6.45, 7) is 2.14. The minimum absolute atomic E-state index is 0.0941. The summed E-state index contributed by atoms with van der Waals surface area (Å²) < 4.78 is 0. The molecule has 1 aliphatic carbocycles. The Morgan fingerprint density at radius 3 is 2.82 bits per heavy atom. The largest absolute Gasteiger partial charge is 0.370 e. The third kappa shape index (κ3) is 6.56. The lowest BCUT2D eigenvalue weighted by molar-refractivity contribution is -0.125. The highest BCUT2D eigenvalue weighted by atomic mass is 16.2. The van der Waals surface area contributed by atoms with Gasteiger partial charge in [-0.3, -0.25) is 9.69 Å². The Morgan fingerprint density at radius 2 is 2.00 bits per heavy atom. The lowest BCUT2D eigenvalue weighted by Crippen LogP contribution is -2.56. The van der Waals surface area contributed by atoms with E-state index in [0.29, 0.717) is 24.0 Å². The summed E-state index contributed by atoms with van der Waals surface area (Å²) >= 11 is 0. The van der Waals surface area contributed by atoms with Crippen molar-refractivity contribution in [2.45, 2.75) is 44.2 Å². The molecule has 0 bridgehead atoms. The highest BCUT2D eigenvalue weighted by Gasteiger charge is 2.31. The van der Waals surface area contributed by atoms with E-state index in [4.69, 9.17) is 16.0 Å². The van der Waals surface area contributed by atoms with Crippen LogP contribution in [-0.4, -0.2) is 48.5 Å². The molecule has 1 amide bonds. The minimum atomic E-state index is 0.0941. The van der Waals surface area contributed by atoms with Crippen molar-refractivity contribution in [1.82, 2.24) is 10.2 Å². The first kappa shape index (κ1) is 22.8. The molecule has 3 atom stereocenters. The van der Waals surface area contributed by atoms with Crippen LogP contribution in [0.5, 0.6) is 0 Å². The molecule has 7 nitrogen and oxygen atoms in total. The van der Waals surface area contributed by atoms with Crippen LogP contribution in [0.2, 0.25) is 0 Å². The lowest BCUT2D eigenvalue weighted by atomic mass is 9.84. The number of piperazine rings is 1. The van der Waals surface area contributed by atoms with E-state index in [1.54, 1.807) is 12.1 Å². The van der Waals surface area contributed by atoms with Crippen molar-refractivity contribution in [2.75, 3.05) is 25.0 Å². The van der Waals surface area contributed by atoms with E-state index in [1.165, 1.54) is 12.0 Å². The molecular formula is C26H32N6O. The number of carbonyl (C=O) groups excluding carboxylic acids is 1. The van der Waals surface area contributed by atoms with Gasteiger partial charge in [0.05, 0.1) is 24.2 Å². The second-order valence-electron chi connectivity index (χ2n) is 9.09. The van der Waals surface area contributed by atoms with Gasteiger partial charge in [-0.1, -0.05) is 49.2 Å². The number of benzene rings is 2. The third-order valence-corrected chi connectivity index (χ3v) is 6.47. The van der Waals surface area contributed by atoms with Crippen molar-refractivity contribution in [2.24, 2.45) is 16.6 Å². The number of nitriles is 1. The van der Waals surface area contributed by atoms with Gasteiger partial charge in [0.2, 0.25) is 5.91 Å². The van der Waals surface area contributed by atoms with E-state index in [-0.39, 0.29) is 18.0 Å². The molecule has 1 heterocycles. The van der Waals surface area contributed by atoms with E-state index in [2.05, 4.69) is 33.7 Å². The average Bonchev–Trinajstić information content (AvgIpc) is 2.81. The van der Waals surface area contributed by atoms with Gasteiger partial charge < -0.3 is 16.4 Å².